The van der Waals surface area contributed by atoms with Crippen LogP contribution >= 0.6 is 0 Å². The molecule has 2 nitrogen and oxygen atoms in total. The van der Waals surface area contributed by atoms with E-state index >= 15 is 0 Å². The number of amidine groups is 1. The Bertz CT molecular complexity index is 94.7. The van der Waals surface area contributed by atoms with Gasteiger partial charge in [0.25, 0.3) is 0 Å². The highest BCUT2D eigenvalue weighted by atomic mass is 14.8. The average molecular weight is 112 g/mol. The van der Waals surface area contributed by atoms with Gasteiger partial charge in [-0.3, -0.25) is 4.99 Å². The smallest absolute Gasteiger partial charge is 0.0938 e. The van der Waals surface area contributed by atoms with Crippen molar-refractivity contribution >= 4 is 5.84 Å². The van der Waals surface area contributed by atoms with Gasteiger partial charge in [0.2, 0.25) is 0 Å². The normalized spacial score (nSPS) is 11.4. The zero-order chi connectivity index (χ0) is 6.41. The first-order chi connectivity index (χ1) is 3.81. The van der Waals surface area contributed by atoms with Crippen molar-refractivity contribution in [2.75, 3.05) is 6.54 Å². The van der Waals surface area contributed by atoms with Gasteiger partial charge in [-0.15, -0.1) is 6.58 Å². The van der Waals surface area contributed by atoms with Crippen molar-refractivity contribution < 1.29 is 0 Å². The topological polar surface area (TPSA) is 38.4 Å². The van der Waals surface area contributed by atoms with E-state index < -0.39 is 0 Å². The van der Waals surface area contributed by atoms with Gasteiger partial charge in [-0.05, 0) is 0 Å². The van der Waals surface area contributed by atoms with Crippen molar-refractivity contribution in [3.05, 3.63) is 12.7 Å². The molecule has 0 aliphatic heterocycles. The number of nitrogens with two attached hydrogens (primary N) is 1. The number of rotatable bonds is 3. The van der Waals surface area contributed by atoms with Crippen LogP contribution in [-0.2, 0) is 0 Å². The first-order valence-electron chi connectivity index (χ1n) is 2.71. The molecule has 0 aliphatic rings. The van der Waals surface area contributed by atoms with Crippen LogP contribution in [0, 0.1) is 0 Å². The van der Waals surface area contributed by atoms with Gasteiger partial charge in [0.05, 0.1) is 12.4 Å². The second kappa shape index (κ2) is 4.37. The maximum absolute atomic E-state index is 5.36. The molecule has 0 fully saturated rings. The Morgan fingerprint density at radius 3 is 2.88 bits per heavy atom. The summed E-state index contributed by atoms with van der Waals surface area (Å²) in [6.45, 7) is 6.12. The van der Waals surface area contributed by atoms with Crippen molar-refractivity contribution in [2.45, 2.75) is 13.3 Å². The number of nitrogens with zero attached hydrogens (tertiary/aromatic N) is 1. The van der Waals surface area contributed by atoms with Gasteiger partial charge in [-0.25, -0.2) is 0 Å². The molecule has 0 rings (SSSR count). The first-order valence-corrected chi connectivity index (χ1v) is 2.71. The summed E-state index contributed by atoms with van der Waals surface area (Å²) >= 11 is 0. The summed E-state index contributed by atoms with van der Waals surface area (Å²) < 4.78 is 0. The SMILES string of the molecule is C=CCN=C(N)CC. The summed E-state index contributed by atoms with van der Waals surface area (Å²) in [7, 11) is 0. The van der Waals surface area contributed by atoms with Crippen molar-refractivity contribution in [3.8, 4) is 0 Å². The molecule has 0 aromatic rings. The molecule has 0 spiro atoms. The molecule has 0 amide bonds. The summed E-state index contributed by atoms with van der Waals surface area (Å²) in [5.74, 6) is 0.699. The number of hydrogen-bond acceptors (Lipinski definition) is 1. The third kappa shape index (κ3) is 3.40. The Kier molecular flexibility index (Phi) is 3.94. The minimum absolute atomic E-state index is 0.639. The molecule has 0 unspecified atom stereocenters. The lowest BCUT2D eigenvalue weighted by Gasteiger charge is -1.89. The second-order valence-corrected chi connectivity index (χ2v) is 1.47. The van der Waals surface area contributed by atoms with Crippen LogP contribution in [0.4, 0.5) is 0 Å². The summed E-state index contributed by atoms with van der Waals surface area (Å²) in [5, 5.41) is 0. The van der Waals surface area contributed by atoms with Gasteiger partial charge in [-0.1, -0.05) is 13.0 Å². The Balaban J connectivity index is 3.40. The molecule has 0 aromatic heterocycles. The van der Waals surface area contributed by atoms with E-state index in [4.69, 9.17) is 5.73 Å². The van der Waals surface area contributed by atoms with E-state index in [1.807, 2.05) is 6.92 Å². The van der Waals surface area contributed by atoms with Crippen LogP contribution in [0.3, 0.4) is 0 Å². The minimum Gasteiger partial charge on any atom is -0.387 e. The highest BCUT2D eigenvalue weighted by Gasteiger charge is 1.79. The van der Waals surface area contributed by atoms with Crippen LogP contribution in [-0.4, -0.2) is 12.4 Å². The Morgan fingerprint density at radius 1 is 1.88 bits per heavy atom. The Hall–Kier alpha value is -0.790. The molecule has 46 valence electrons. The summed E-state index contributed by atoms with van der Waals surface area (Å²) in [4.78, 5) is 3.94. The third-order valence-corrected chi connectivity index (χ3v) is 0.786. The van der Waals surface area contributed by atoms with Crippen molar-refractivity contribution in [1.82, 2.24) is 0 Å². The van der Waals surface area contributed by atoms with E-state index in [-0.39, 0.29) is 0 Å². The molecule has 2 heteroatoms. The second-order valence-electron chi connectivity index (χ2n) is 1.47. The molecular formula is C6H12N2. The third-order valence-electron chi connectivity index (χ3n) is 0.786. The molecule has 0 radical (unpaired) electrons. The van der Waals surface area contributed by atoms with Gasteiger partial charge in [0.15, 0.2) is 0 Å². The molecule has 0 atom stereocenters. The van der Waals surface area contributed by atoms with E-state index in [0.29, 0.717) is 12.4 Å². The average Bonchev–Trinajstić information content (AvgIpc) is 1.83. The van der Waals surface area contributed by atoms with Crippen LogP contribution in [0.1, 0.15) is 13.3 Å². The van der Waals surface area contributed by atoms with Crippen molar-refractivity contribution in [1.29, 1.82) is 0 Å². The van der Waals surface area contributed by atoms with E-state index in [1.165, 1.54) is 0 Å². The largest absolute Gasteiger partial charge is 0.387 e. The van der Waals surface area contributed by atoms with Gasteiger partial charge in [-0.2, -0.15) is 0 Å². The van der Waals surface area contributed by atoms with Crippen molar-refractivity contribution in [3.63, 3.8) is 0 Å². The van der Waals surface area contributed by atoms with Gasteiger partial charge in [0.1, 0.15) is 0 Å². The zero-order valence-corrected chi connectivity index (χ0v) is 5.22. The fourth-order valence-electron chi connectivity index (χ4n) is 0.294. The molecule has 2 N–H and O–H groups in total. The summed E-state index contributed by atoms with van der Waals surface area (Å²) in [5.41, 5.74) is 5.36. The molecule has 0 heterocycles. The predicted molar refractivity (Wildman–Crippen MR) is 37.0 cm³/mol. The Morgan fingerprint density at radius 2 is 2.50 bits per heavy atom. The zero-order valence-electron chi connectivity index (χ0n) is 5.22. The fourth-order valence-corrected chi connectivity index (χ4v) is 0.294. The van der Waals surface area contributed by atoms with Crippen LogP contribution in [0.15, 0.2) is 17.6 Å². The highest BCUT2D eigenvalue weighted by Crippen LogP contribution is 1.76. The lowest BCUT2D eigenvalue weighted by molar-refractivity contribution is 1.16. The van der Waals surface area contributed by atoms with Crippen molar-refractivity contribution in [2.24, 2.45) is 10.7 Å². The first kappa shape index (κ1) is 7.21. The molecule has 0 aliphatic carbocycles. The molecule has 0 saturated heterocycles. The molecule has 0 bridgehead atoms. The summed E-state index contributed by atoms with van der Waals surface area (Å²) in [6, 6.07) is 0. The van der Waals surface area contributed by atoms with E-state index in [9.17, 15) is 0 Å². The maximum atomic E-state index is 5.36. The molecular weight excluding hydrogens is 100 g/mol. The maximum Gasteiger partial charge on any atom is 0.0938 e. The van der Waals surface area contributed by atoms with E-state index in [1.54, 1.807) is 6.08 Å². The number of aliphatic imine (C=N–C) groups is 1. The highest BCUT2D eigenvalue weighted by molar-refractivity contribution is 5.79. The van der Waals surface area contributed by atoms with Gasteiger partial charge >= 0.3 is 0 Å². The number of hydrogen-bond donors (Lipinski definition) is 1. The van der Waals surface area contributed by atoms with Crippen LogP contribution < -0.4 is 5.73 Å². The molecule has 0 saturated carbocycles. The van der Waals surface area contributed by atoms with Gasteiger partial charge in [0, 0.05) is 6.42 Å². The minimum atomic E-state index is 0.639. The van der Waals surface area contributed by atoms with E-state index in [2.05, 4.69) is 11.6 Å². The lowest BCUT2D eigenvalue weighted by Crippen LogP contribution is -2.09. The standard InChI is InChI=1S/C6H12N2/c1-3-5-8-6(7)4-2/h3H,1,4-5H2,2H3,(H2,7,8). The Labute approximate surface area is 50.1 Å². The molecule has 0 aromatic carbocycles. The predicted octanol–water partition coefficient (Wildman–Crippen LogP) is 0.940. The lowest BCUT2D eigenvalue weighted by atomic mass is 10.4. The van der Waals surface area contributed by atoms with Gasteiger partial charge < -0.3 is 5.73 Å². The van der Waals surface area contributed by atoms with E-state index in [0.717, 1.165) is 6.42 Å². The van der Waals surface area contributed by atoms with Crippen LogP contribution in [0.5, 0.6) is 0 Å². The quantitative estimate of drug-likeness (QED) is 0.329. The fraction of sp³-hybridized carbons (Fsp3) is 0.500. The van der Waals surface area contributed by atoms with Crippen LogP contribution in [0.2, 0.25) is 0 Å². The summed E-state index contributed by atoms with van der Waals surface area (Å²) in [6.07, 6.45) is 2.55. The molecule has 8 heavy (non-hydrogen) atoms. The monoisotopic (exact) mass is 112 g/mol. The van der Waals surface area contributed by atoms with Crippen LogP contribution in [0.25, 0.3) is 0 Å².